The highest BCUT2D eigenvalue weighted by Crippen LogP contribution is 2.23. The van der Waals surface area contributed by atoms with E-state index in [1.165, 1.54) is 10.1 Å². The first kappa shape index (κ1) is 13.2. The molecule has 0 bridgehead atoms. The quantitative estimate of drug-likeness (QED) is 0.707. The van der Waals surface area contributed by atoms with E-state index in [9.17, 15) is 0 Å². The van der Waals surface area contributed by atoms with Crippen LogP contribution < -0.4 is 5.32 Å². The van der Waals surface area contributed by atoms with E-state index in [0.29, 0.717) is 13.2 Å². The van der Waals surface area contributed by atoms with E-state index < -0.39 is 0 Å². The Morgan fingerprint density at radius 1 is 1.35 bits per heavy atom. The highest BCUT2D eigenvalue weighted by Gasteiger charge is 2.04. The third-order valence-corrected chi connectivity index (χ3v) is 3.93. The molecule has 5 nitrogen and oxygen atoms in total. The van der Waals surface area contributed by atoms with Gasteiger partial charge >= 0.3 is 0 Å². The minimum absolute atomic E-state index is 0.697. The lowest BCUT2D eigenvalue weighted by atomic mass is 10.2. The SMILES string of the molecule is COCCNCc1cn(-c2ccc3sccc3c2)nn1. The summed E-state index contributed by atoms with van der Waals surface area (Å²) in [4.78, 5) is 0. The molecule has 6 heteroatoms. The van der Waals surface area contributed by atoms with Crippen molar-refractivity contribution in [1.82, 2.24) is 20.3 Å². The van der Waals surface area contributed by atoms with Gasteiger partial charge < -0.3 is 10.1 Å². The molecular weight excluding hydrogens is 272 g/mol. The highest BCUT2D eigenvalue weighted by atomic mass is 32.1. The zero-order valence-corrected chi connectivity index (χ0v) is 12.1. The van der Waals surface area contributed by atoms with E-state index in [-0.39, 0.29) is 0 Å². The topological polar surface area (TPSA) is 52.0 Å². The van der Waals surface area contributed by atoms with E-state index >= 15 is 0 Å². The van der Waals surface area contributed by atoms with Crippen LogP contribution in [0.1, 0.15) is 5.69 Å². The molecule has 104 valence electrons. The summed E-state index contributed by atoms with van der Waals surface area (Å²) in [6.07, 6.45) is 1.95. The molecule has 3 aromatic rings. The molecule has 0 unspecified atom stereocenters. The van der Waals surface area contributed by atoms with Crippen LogP contribution in [-0.4, -0.2) is 35.3 Å². The average molecular weight is 288 g/mol. The summed E-state index contributed by atoms with van der Waals surface area (Å²) in [5.41, 5.74) is 1.96. The van der Waals surface area contributed by atoms with Crippen LogP contribution in [0.15, 0.2) is 35.8 Å². The van der Waals surface area contributed by atoms with Crippen LogP contribution in [-0.2, 0) is 11.3 Å². The van der Waals surface area contributed by atoms with Gasteiger partial charge in [0, 0.05) is 24.9 Å². The molecule has 0 radical (unpaired) electrons. The van der Waals surface area contributed by atoms with Crippen LogP contribution in [0.5, 0.6) is 0 Å². The molecule has 0 aliphatic rings. The molecule has 2 heterocycles. The largest absolute Gasteiger partial charge is 0.383 e. The number of hydrogen-bond acceptors (Lipinski definition) is 5. The molecule has 0 atom stereocenters. The van der Waals surface area contributed by atoms with Gasteiger partial charge in [-0.2, -0.15) is 0 Å². The first-order valence-electron chi connectivity index (χ1n) is 6.45. The van der Waals surface area contributed by atoms with Gasteiger partial charge in [-0.05, 0) is 35.0 Å². The lowest BCUT2D eigenvalue weighted by Gasteiger charge is -2.01. The Balaban J connectivity index is 1.72. The van der Waals surface area contributed by atoms with Gasteiger partial charge in [0.05, 0.1) is 24.2 Å². The fourth-order valence-corrected chi connectivity index (χ4v) is 2.76. The molecule has 0 fully saturated rings. The third kappa shape index (κ3) is 2.87. The number of hydrogen-bond donors (Lipinski definition) is 1. The number of benzene rings is 1. The van der Waals surface area contributed by atoms with E-state index in [4.69, 9.17) is 4.74 Å². The zero-order valence-electron chi connectivity index (χ0n) is 11.2. The molecule has 2 aromatic heterocycles. The molecule has 0 spiro atoms. The predicted molar refractivity (Wildman–Crippen MR) is 80.3 cm³/mol. The maximum absolute atomic E-state index is 4.98. The second-order valence-electron chi connectivity index (χ2n) is 4.47. The number of nitrogens with zero attached hydrogens (tertiary/aromatic N) is 3. The van der Waals surface area contributed by atoms with Crippen molar-refractivity contribution in [2.24, 2.45) is 0 Å². The number of fused-ring (bicyclic) bond motifs is 1. The summed E-state index contributed by atoms with van der Waals surface area (Å²) >= 11 is 1.74. The first-order valence-corrected chi connectivity index (χ1v) is 7.33. The Labute approximate surface area is 121 Å². The van der Waals surface area contributed by atoms with Gasteiger partial charge in [-0.25, -0.2) is 4.68 Å². The monoisotopic (exact) mass is 288 g/mol. The van der Waals surface area contributed by atoms with Crippen LogP contribution in [0.3, 0.4) is 0 Å². The molecule has 0 aliphatic heterocycles. The van der Waals surface area contributed by atoms with Crippen molar-refractivity contribution in [3.8, 4) is 5.69 Å². The maximum atomic E-state index is 4.98. The number of methoxy groups -OCH3 is 1. The Hall–Kier alpha value is -1.76. The molecule has 0 aliphatic carbocycles. The van der Waals surface area contributed by atoms with Crippen molar-refractivity contribution in [3.63, 3.8) is 0 Å². The van der Waals surface area contributed by atoms with Crippen molar-refractivity contribution < 1.29 is 4.74 Å². The summed E-state index contributed by atoms with van der Waals surface area (Å²) in [6.45, 7) is 2.21. The van der Waals surface area contributed by atoms with Crippen molar-refractivity contribution in [3.05, 3.63) is 41.5 Å². The number of ether oxygens (including phenoxy) is 1. The van der Waals surface area contributed by atoms with Gasteiger partial charge in [-0.1, -0.05) is 5.21 Å². The van der Waals surface area contributed by atoms with Gasteiger partial charge in [-0.15, -0.1) is 16.4 Å². The molecular formula is C14H16N4OS. The van der Waals surface area contributed by atoms with Gasteiger partial charge in [0.25, 0.3) is 0 Å². The van der Waals surface area contributed by atoms with Gasteiger partial charge in [0.2, 0.25) is 0 Å². The molecule has 20 heavy (non-hydrogen) atoms. The molecule has 0 saturated heterocycles. The standard InChI is InChI=1S/C14H16N4OS/c1-19-6-5-15-9-12-10-18(17-16-12)13-2-3-14-11(8-13)4-7-20-14/h2-4,7-8,10,15H,5-6,9H2,1H3. The normalized spacial score (nSPS) is 11.2. The highest BCUT2D eigenvalue weighted by molar-refractivity contribution is 7.17. The summed E-state index contributed by atoms with van der Waals surface area (Å²) in [5.74, 6) is 0. The Morgan fingerprint density at radius 2 is 2.30 bits per heavy atom. The lowest BCUT2D eigenvalue weighted by Crippen LogP contribution is -2.18. The molecule has 3 rings (SSSR count). The van der Waals surface area contributed by atoms with Crippen molar-refractivity contribution in [1.29, 1.82) is 0 Å². The number of nitrogens with one attached hydrogen (secondary N) is 1. The zero-order chi connectivity index (χ0) is 13.8. The number of rotatable bonds is 6. The van der Waals surface area contributed by atoms with Crippen LogP contribution >= 0.6 is 11.3 Å². The Morgan fingerprint density at radius 3 is 3.20 bits per heavy atom. The van der Waals surface area contributed by atoms with Crippen molar-refractivity contribution in [2.45, 2.75) is 6.54 Å². The van der Waals surface area contributed by atoms with Crippen molar-refractivity contribution in [2.75, 3.05) is 20.3 Å². The van der Waals surface area contributed by atoms with E-state index in [1.54, 1.807) is 18.4 Å². The summed E-state index contributed by atoms with van der Waals surface area (Å²) < 4.78 is 8.08. The fourth-order valence-electron chi connectivity index (χ4n) is 1.99. The fraction of sp³-hybridized carbons (Fsp3) is 0.286. The van der Waals surface area contributed by atoms with Crippen LogP contribution in [0, 0.1) is 0 Å². The van der Waals surface area contributed by atoms with Gasteiger partial charge in [-0.3, -0.25) is 0 Å². The van der Waals surface area contributed by atoms with E-state index in [1.807, 2.05) is 10.9 Å². The van der Waals surface area contributed by atoms with Gasteiger partial charge in [0.15, 0.2) is 0 Å². The first-order chi connectivity index (χ1) is 9.86. The molecule has 0 saturated carbocycles. The Kier molecular flexibility index (Phi) is 4.05. The summed E-state index contributed by atoms with van der Waals surface area (Å²) in [5, 5.41) is 14.9. The minimum atomic E-state index is 0.697. The second-order valence-corrected chi connectivity index (χ2v) is 5.41. The summed E-state index contributed by atoms with van der Waals surface area (Å²) in [7, 11) is 1.69. The lowest BCUT2D eigenvalue weighted by molar-refractivity contribution is 0.199. The number of aromatic nitrogens is 3. The van der Waals surface area contributed by atoms with Crippen LogP contribution in [0.2, 0.25) is 0 Å². The average Bonchev–Trinajstić information content (AvgIpc) is 3.11. The molecule has 1 N–H and O–H groups in total. The Bertz CT molecular complexity index is 691. The second kappa shape index (κ2) is 6.13. The summed E-state index contributed by atoms with van der Waals surface area (Å²) in [6, 6.07) is 8.43. The van der Waals surface area contributed by atoms with E-state index in [2.05, 4.69) is 45.3 Å². The van der Waals surface area contributed by atoms with E-state index in [0.717, 1.165) is 17.9 Å². The van der Waals surface area contributed by atoms with Gasteiger partial charge in [0.1, 0.15) is 0 Å². The number of thiophene rings is 1. The smallest absolute Gasteiger partial charge is 0.0969 e. The predicted octanol–water partition coefficient (Wildman–Crippen LogP) is 2.22. The molecule has 1 aromatic carbocycles. The maximum Gasteiger partial charge on any atom is 0.0969 e. The molecule has 0 amide bonds. The van der Waals surface area contributed by atoms with Crippen LogP contribution in [0.25, 0.3) is 15.8 Å². The third-order valence-electron chi connectivity index (χ3n) is 3.03. The van der Waals surface area contributed by atoms with Crippen molar-refractivity contribution >= 4 is 21.4 Å². The minimum Gasteiger partial charge on any atom is -0.383 e. The van der Waals surface area contributed by atoms with Crippen LogP contribution in [0.4, 0.5) is 0 Å².